The summed E-state index contributed by atoms with van der Waals surface area (Å²) >= 11 is 0. The topological polar surface area (TPSA) is 72.5 Å². The van der Waals surface area contributed by atoms with Gasteiger partial charge in [-0.15, -0.1) is 0 Å². The molecule has 0 atom stereocenters. The number of nitrogens with one attached hydrogen (secondary N) is 1. The molecule has 34 heavy (non-hydrogen) atoms. The highest BCUT2D eigenvalue weighted by Gasteiger charge is 2.31. The van der Waals surface area contributed by atoms with Crippen LogP contribution in [-0.2, 0) is 13.0 Å². The van der Waals surface area contributed by atoms with Crippen LogP contribution in [-0.4, -0.2) is 64.5 Å². The van der Waals surface area contributed by atoms with Gasteiger partial charge in [0.25, 0.3) is 11.8 Å². The maximum atomic E-state index is 13.3. The third kappa shape index (κ3) is 4.27. The Bertz CT molecular complexity index is 1210. The Morgan fingerprint density at radius 1 is 0.882 bits per heavy atom. The number of aromatic amines is 1. The highest BCUT2D eigenvalue weighted by Crippen LogP contribution is 2.25. The first-order valence-electron chi connectivity index (χ1n) is 11.6. The molecule has 0 bridgehead atoms. The molecule has 8 heteroatoms. The second kappa shape index (κ2) is 8.93. The van der Waals surface area contributed by atoms with Crippen LogP contribution in [0.15, 0.2) is 42.5 Å². The Hall–Kier alpha value is -3.68. The summed E-state index contributed by atoms with van der Waals surface area (Å²) in [4.78, 5) is 32.3. The molecule has 1 aromatic heterocycles. The van der Waals surface area contributed by atoms with E-state index in [-0.39, 0.29) is 17.6 Å². The Morgan fingerprint density at radius 2 is 1.56 bits per heavy atom. The minimum atomic E-state index is -0.258. The van der Waals surface area contributed by atoms with Gasteiger partial charge in [0.2, 0.25) is 0 Å². The summed E-state index contributed by atoms with van der Waals surface area (Å²) in [5, 5.41) is 7.37. The van der Waals surface area contributed by atoms with Gasteiger partial charge in [-0.2, -0.15) is 5.10 Å². The van der Waals surface area contributed by atoms with Crippen molar-refractivity contribution in [3.8, 4) is 0 Å². The molecule has 1 N–H and O–H groups in total. The number of aryl methyl sites for hydroxylation is 2. The molecule has 0 saturated carbocycles. The van der Waals surface area contributed by atoms with E-state index in [4.69, 9.17) is 0 Å². The van der Waals surface area contributed by atoms with Gasteiger partial charge in [-0.1, -0.05) is 17.2 Å². The Morgan fingerprint density at radius 3 is 2.24 bits per heavy atom. The Kier molecular flexibility index (Phi) is 5.81. The fraction of sp³-hybridized carbons (Fsp3) is 0.346. The van der Waals surface area contributed by atoms with Gasteiger partial charge in [-0.05, 0) is 50.2 Å². The maximum Gasteiger partial charge on any atom is 0.274 e. The number of aromatic nitrogens is 2. The van der Waals surface area contributed by atoms with E-state index in [1.165, 1.54) is 12.1 Å². The molecule has 2 aromatic carbocycles. The summed E-state index contributed by atoms with van der Waals surface area (Å²) in [5.41, 5.74) is 5.89. The Balaban J connectivity index is 1.28. The van der Waals surface area contributed by atoms with Gasteiger partial charge in [0.05, 0.1) is 6.54 Å². The molecule has 3 aromatic rings. The molecule has 1 fully saturated rings. The molecule has 0 spiro atoms. The quantitative estimate of drug-likeness (QED) is 0.650. The van der Waals surface area contributed by atoms with Crippen molar-refractivity contribution in [2.24, 2.45) is 0 Å². The predicted octanol–water partition coefficient (Wildman–Crippen LogP) is 3.33. The fourth-order valence-corrected chi connectivity index (χ4v) is 4.90. The lowest BCUT2D eigenvalue weighted by atomic mass is 10.0. The van der Waals surface area contributed by atoms with Gasteiger partial charge in [-0.3, -0.25) is 14.7 Å². The highest BCUT2D eigenvalue weighted by molar-refractivity contribution is 5.96. The number of carbonyl (C=O) groups is 2. The van der Waals surface area contributed by atoms with Gasteiger partial charge in [-0.25, -0.2) is 4.39 Å². The average Bonchev–Trinajstić information content (AvgIpc) is 3.26. The number of rotatable bonds is 3. The van der Waals surface area contributed by atoms with Crippen LogP contribution >= 0.6 is 0 Å². The van der Waals surface area contributed by atoms with E-state index >= 15 is 0 Å². The van der Waals surface area contributed by atoms with Crippen LogP contribution in [0.25, 0.3) is 0 Å². The van der Waals surface area contributed by atoms with Crippen LogP contribution in [0.5, 0.6) is 0 Å². The van der Waals surface area contributed by atoms with Crippen molar-refractivity contribution in [3.05, 3.63) is 81.9 Å². The van der Waals surface area contributed by atoms with Crippen LogP contribution in [0.4, 0.5) is 10.1 Å². The number of halogens is 1. The molecule has 7 nitrogen and oxygen atoms in total. The number of hydrogen-bond acceptors (Lipinski definition) is 4. The SMILES string of the molecule is Cc1cc(C)cc(C(=O)N2CCc3[nH]nc(C(=O)N4CCN(c5ccc(F)cc5)CC4)c3C2)c1. The lowest BCUT2D eigenvalue weighted by Gasteiger charge is -2.36. The van der Waals surface area contributed by atoms with E-state index < -0.39 is 0 Å². The molecule has 2 aliphatic heterocycles. The van der Waals surface area contributed by atoms with E-state index in [2.05, 4.69) is 15.1 Å². The first-order chi connectivity index (χ1) is 16.4. The van der Waals surface area contributed by atoms with Crippen molar-refractivity contribution in [1.82, 2.24) is 20.0 Å². The van der Waals surface area contributed by atoms with Crippen LogP contribution in [0.1, 0.15) is 43.2 Å². The molecular weight excluding hydrogens is 433 g/mol. The van der Waals surface area contributed by atoms with Gasteiger partial charge >= 0.3 is 0 Å². The van der Waals surface area contributed by atoms with Crippen molar-refractivity contribution in [3.63, 3.8) is 0 Å². The lowest BCUT2D eigenvalue weighted by Crippen LogP contribution is -2.49. The van der Waals surface area contributed by atoms with E-state index in [0.29, 0.717) is 56.9 Å². The maximum absolute atomic E-state index is 13.3. The monoisotopic (exact) mass is 461 g/mol. The Labute approximate surface area is 198 Å². The molecule has 0 aliphatic carbocycles. The zero-order chi connectivity index (χ0) is 23.8. The van der Waals surface area contributed by atoms with E-state index in [1.54, 1.807) is 21.9 Å². The molecule has 2 amide bonds. The second-order valence-electron chi connectivity index (χ2n) is 9.14. The van der Waals surface area contributed by atoms with Gasteiger partial charge in [0, 0.05) is 61.7 Å². The number of nitrogens with zero attached hydrogens (tertiary/aromatic N) is 4. The molecule has 3 heterocycles. The minimum absolute atomic E-state index is 0.0232. The molecular formula is C26H28FN5O2. The number of anilines is 1. The third-order valence-corrected chi connectivity index (χ3v) is 6.65. The molecule has 0 unspecified atom stereocenters. The van der Waals surface area contributed by atoms with Crippen LogP contribution in [0, 0.1) is 19.7 Å². The summed E-state index contributed by atoms with van der Waals surface area (Å²) in [6, 6.07) is 12.3. The molecule has 2 aliphatic rings. The van der Waals surface area contributed by atoms with Crippen LogP contribution in [0.2, 0.25) is 0 Å². The van der Waals surface area contributed by atoms with Crippen molar-refractivity contribution in [2.75, 3.05) is 37.6 Å². The summed E-state index contributed by atoms with van der Waals surface area (Å²) in [6.07, 6.45) is 0.643. The first-order valence-corrected chi connectivity index (χ1v) is 11.6. The number of hydrogen-bond donors (Lipinski definition) is 1. The highest BCUT2D eigenvalue weighted by atomic mass is 19.1. The van der Waals surface area contributed by atoms with E-state index in [0.717, 1.165) is 28.1 Å². The van der Waals surface area contributed by atoms with E-state index in [1.807, 2.05) is 32.0 Å². The molecule has 176 valence electrons. The normalized spacial score (nSPS) is 15.9. The standard InChI is InChI=1S/C26H28FN5O2/c1-17-13-18(2)15-19(14-17)25(33)32-8-7-23-22(16-32)24(29-28-23)26(34)31-11-9-30(10-12-31)21-5-3-20(27)4-6-21/h3-6,13-15H,7-12,16H2,1-2H3,(H,28,29). The number of piperazine rings is 1. The smallest absolute Gasteiger partial charge is 0.274 e. The zero-order valence-electron chi connectivity index (χ0n) is 19.5. The first kappa shape index (κ1) is 22.1. The van der Waals surface area contributed by atoms with Crippen molar-refractivity contribution in [2.45, 2.75) is 26.8 Å². The summed E-state index contributed by atoms with van der Waals surface area (Å²) < 4.78 is 13.2. The molecule has 1 saturated heterocycles. The van der Waals surface area contributed by atoms with Crippen molar-refractivity contribution < 1.29 is 14.0 Å². The summed E-state index contributed by atoms with van der Waals surface area (Å²) in [5.74, 6) is -0.396. The summed E-state index contributed by atoms with van der Waals surface area (Å²) in [6.45, 7) is 7.38. The van der Waals surface area contributed by atoms with Crippen LogP contribution < -0.4 is 4.90 Å². The summed E-state index contributed by atoms with van der Waals surface area (Å²) in [7, 11) is 0. The number of H-pyrrole nitrogens is 1. The third-order valence-electron chi connectivity index (χ3n) is 6.65. The number of carbonyl (C=O) groups excluding carboxylic acids is 2. The van der Waals surface area contributed by atoms with Crippen molar-refractivity contribution >= 4 is 17.5 Å². The fourth-order valence-electron chi connectivity index (χ4n) is 4.90. The number of amides is 2. The van der Waals surface area contributed by atoms with Gasteiger partial charge in [0.15, 0.2) is 5.69 Å². The number of fused-ring (bicyclic) bond motifs is 1. The van der Waals surface area contributed by atoms with Crippen LogP contribution in [0.3, 0.4) is 0 Å². The van der Waals surface area contributed by atoms with E-state index in [9.17, 15) is 14.0 Å². The lowest BCUT2D eigenvalue weighted by molar-refractivity contribution is 0.0709. The number of benzene rings is 2. The largest absolute Gasteiger partial charge is 0.368 e. The van der Waals surface area contributed by atoms with Crippen molar-refractivity contribution in [1.29, 1.82) is 0 Å². The predicted molar refractivity (Wildman–Crippen MR) is 127 cm³/mol. The average molecular weight is 462 g/mol. The molecule has 0 radical (unpaired) electrons. The van der Waals surface area contributed by atoms with Gasteiger partial charge < -0.3 is 14.7 Å². The molecule has 5 rings (SSSR count). The zero-order valence-corrected chi connectivity index (χ0v) is 19.5. The second-order valence-corrected chi connectivity index (χ2v) is 9.14. The van der Waals surface area contributed by atoms with Gasteiger partial charge in [0.1, 0.15) is 5.82 Å². The minimum Gasteiger partial charge on any atom is -0.368 e.